The highest BCUT2D eigenvalue weighted by atomic mass is 15.0. The molecule has 0 unspecified atom stereocenters. The number of hydrogen-bond donors (Lipinski definition) is 0. The minimum Gasteiger partial charge on any atom is -0.309 e. The molecule has 2 aromatic heterocycles. The molecule has 0 fully saturated rings. The lowest BCUT2D eigenvalue weighted by atomic mass is 9.96. The van der Waals surface area contributed by atoms with Crippen molar-refractivity contribution in [2.24, 2.45) is 0 Å². The van der Waals surface area contributed by atoms with Crippen LogP contribution in [0.25, 0.3) is 77.2 Å². The first kappa shape index (κ1) is 25.7. The molecule has 0 aliphatic rings. The lowest BCUT2D eigenvalue weighted by Gasteiger charge is -2.09. The van der Waals surface area contributed by atoms with Crippen LogP contribution in [0, 0.1) is 0 Å². The zero-order valence-corrected chi connectivity index (χ0v) is 24.6. The Morgan fingerprint density at radius 2 is 0.733 bits per heavy atom. The molecule has 9 aromatic rings. The minimum atomic E-state index is 0.765. The Morgan fingerprint density at radius 3 is 1.31 bits per heavy atom. The van der Waals surface area contributed by atoms with Gasteiger partial charge in [0.05, 0.1) is 22.1 Å². The Kier molecular flexibility index (Phi) is 5.79. The molecule has 2 radical (unpaired) electrons. The zero-order chi connectivity index (χ0) is 29.9. The van der Waals surface area contributed by atoms with Gasteiger partial charge in [0.1, 0.15) is 7.85 Å². The standard InChI is InChI=1S/C42H27BN2/c43-32-18-20-34(21-19-32)45-39-14-8-7-13-35(39)36-26-30(16-23-40(36)45)31-17-24-42-38(27-31)37-25-29(28-9-3-1-4-10-28)15-22-41(37)44(42)33-11-5-2-6-12-33/h1-27H. The van der Waals surface area contributed by atoms with Crippen molar-refractivity contribution >= 4 is 56.9 Å². The maximum absolute atomic E-state index is 6.03. The second-order valence-corrected chi connectivity index (χ2v) is 11.7. The van der Waals surface area contributed by atoms with Crippen LogP contribution >= 0.6 is 0 Å². The highest BCUT2D eigenvalue weighted by Crippen LogP contribution is 2.39. The maximum Gasteiger partial charge on any atom is 0.113 e. The first-order valence-electron chi connectivity index (χ1n) is 15.3. The predicted octanol–water partition coefficient (Wildman–Crippen LogP) is 10.0. The van der Waals surface area contributed by atoms with Crippen LogP contribution in [0.4, 0.5) is 0 Å². The van der Waals surface area contributed by atoms with Crippen molar-refractivity contribution in [2.45, 2.75) is 0 Å². The quantitative estimate of drug-likeness (QED) is 0.186. The van der Waals surface area contributed by atoms with Crippen molar-refractivity contribution < 1.29 is 0 Å². The van der Waals surface area contributed by atoms with Crippen molar-refractivity contribution in [3.05, 3.63) is 164 Å². The summed E-state index contributed by atoms with van der Waals surface area (Å²) in [6.07, 6.45) is 0. The minimum absolute atomic E-state index is 0.765. The van der Waals surface area contributed by atoms with Gasteiger partial charge in [-0.3, -0.25) is 0 Å². The van der Waals surface area contributed by atoms with Crippen molar-refractivity contribution in [1.82, 2.24) is 9.13 Å². The smallest absolute Gasteiger partial charge is 0.113 e. The third kappa shape index (κ3) is 4.12. The lowest BCUT2D eigenvalue weighted by molar-refractivity contribution is 1.18. The zero-order valence-electron chi connectivity index (χ0n) is 24.6. The summed E-state index contributed by atoms with van der Waals surface area (Å²) < 4.78 is 4.71. The van der Waals surface area contributed by atoms with E-state index in [4.69, 9.17) is 7.85 Å². The molecular formula is C42H27BN2. The molecule has 0 amide bonds. The van der Waals surface area contributed by atoms with Gasteiger partial charge in [0.15, 0.2) is 0 Å². The largest absolute Gasteiger partial charge is 0.309 e. The van der Waals surface area contributed by atoms with Gasteiger partial charge < -0.3 is 9.13 Å². The maximum atomic E-state index is 6.03. The van der Waals surface area contributed by atoms with Gasteiger partial charge in [0, 0.05) is 32.9 Å². The Labute approximate surface area is 262 Å². The monoisotopic (exact) mass is 570 g/mol. The van der Waals surface area contributed by atoms with Crippen molar-refractivity contribution in [1.29, 1.82) is 0 Å². The van der Waals surface area contributed by atoms with Gasteiger partial charge in [-0.25, -0.2) is 0 Å². The Balaban J connectivity index is 1.27. The number of aromatic nitrogens is 2. The average Bonchev–Trinajstić information content (AvgIpc) is 3.61. The molecule has 0 spiro atoms. The van der Waals surface area contributed by atoms with Crippen LogP contribution in [-0.2, 0) is 0 Å². The molecule has 3 heteroatoms. The third-order valence-electron chi connectivity index (χ3n) is 9.04. The second kappa shape index (κ2) is 10.1. The fourth-order valence-corrected chi connectivity index (χ4v) is 6.92. The molecule has 0 saturated carbocycles. The highest BCUT2D eigenvalue weighted by Gasteiger charge is 2.16. The van der Waals surface area contributed by atoms with Crippen LogP contribution in [0.15, 0.2) is 164 Å². The van der Waals surface area contributed by atoms with Crippen LogP contribution in [0.2, 0.25) is 0 Å². The van der Waals surface area contributed by atoms with Gasteiger partial charge in [-0.15, -0.1) is 0 Å². The number of para-hydroxylation sites is 2. The van der Waals surface area contributed by atoms with E-state index in [0.29, 0.717) is 0 Å². The van der Waals surface area contributed by atoms with Crippen molar-refractivity contribution in [3.8, 4) is 33.6 Å². The molecule has 45 heavy (non-hydrogen) atoms. The SMILES string of the molecule is [B]c1ccc(-n2c3ccccc3c3cc(-c4ccc5c(c4)c4cc(-c6ccccc6)ccc4n5-c4ccccc4)ccc32)cc1. The Morgan fingerprint density at radius 1 is 0.311 bits per heavy atom. The van der Waals surface area contributed by atoms with Crippen molar-refractivity contribution in [3.63, 3.8) is 0 Å². The lowest BCUT2D eigenvalue weighted by Crippen LogP contribution is -2.02. The molecule has 208 valence electrons. The number of rotatable bonds is 4. The molecule has 0 atom stereocenters. The van der Waals surface area contributed by atoms with Gasteiger partial charge >= 0.3 is 0 Å². The fourth-order valence-electron chi connectivity index (χ4n) is 6.92. The van der Waals surface area contributed by atoms with Gasteiger partial charge in [-0.1, -0.05) is 103 Å². The Hall–Kier alpha value is -5.80. The number of nitrogens with zero attached hydrogens (tertiary/aromatic N) is 2. The summed E-state index contributed by atoms with van der Waals surface area (Å²) in [5, 5.41) is 4.96. The summed E-state index contributed by atoms with van der Waals surface area (Å²) in [5.41, 5.74) is 12.6. The predicted molar refractivity (Wildman–Crippen MR) is 191 cm³/mol. The van der Waals surface area contributed by atoms with Crippen LogP contribution in [0.3, 0.4) is 0 Å². The van der Waals surface area contributed by atoms with Crippen LogP contribution in [-0.4, -0.2) is 17.0 Å². The van der Waals surface area contributed by atoms with E-state index in [1.165, 1.54) is 65.9 Å². The topological polar surface area (TPSA) is 9.86 Å². The van der Waals surface area contributed by atoms with Gasteiger partial charge in [-0.05, 0) is 89.0 Å². The van der Waals surface area contributed by atoms with Crippen LogP contribution in [0.5, 0.6) is 0 Å². The van der Waals surface area contributed by atoms with Crippen LogP contribution < -0.4 is 5.46 Å². The molecule has 2 nitrogen and oxygen atoms in total. The number of benzene rings is 7. The molecule has 7 aromatic carbocycles. The van der Waals surface area contributed by atoms with E-state index in [9.17, 15) is 0 Å². The molecule has 0 saturated heterocycles. The van der Waals surface area contributed by atoms with E-state index in [2.05, 4.69) is 161 Å². The molecule has 0 aliphatic heterocycles. The van der Waals surface area contributed by atoms with E-state index in [-0.39, 0.29) is 0 Å². The van der Waals surface area contributed by atoms with E-state index in [1.54, 1.807) is 0 Å². The Bertz CT molecular complexity index is 2520. The average molecular weight is 571 g/mol. The molecule has 0 bridgehead atoms. The molecule has 0 aliphatic carbocycles. The number of fused-ring (bicyclic) bond motifs is 6. The van der Waals surface area contributed by atoms with E-state index >= 15 is 0 Å². The summed E-state index contributed by atoms with van der Waals surface area (Å²) in [6.45, 7) is 0. The molecule has 2 heterocycles. The van der Waals surface area contributed by atoms with Gasteiger partial charge in [-0.2, -0.15) is 0 Å². The first-order valence-corrected chi connectivity index (χ1v) is 15.3. The fraction of sp³-hybridized carbons (Fsp3) is 0. The van der Waals surface area contributed by atoms with Crippen LogP contribution in [0.1, 0.15) is 0 Å². The normalized spacial score (nSPS) is 11.6. The van der Waals surface area contributed by atoms with Crippen molar-refractivity contribution in [2.75, 3.05) is 0 Å². The summed E-state index contributed by atoms with van der Waals surface area (Å²) in [5.74, 6) is 0. The molecular weight excluding hydrogens is 543 g/mol. The summed E-state index contributed by atoms with van der Waals surface area (Å²) >= 11 is 0. The summed E-state index contributed by atoms with van der Waals surface area (Å²) in [4.78, 5) is 0. The first-order chi connectivity index (χ1) is 22.2. The van der Waals surface area contributed by atoms with E-state index in [0.717, 1.165) is 16.8 Å². The highest BCUT2D eigenvalue weighted by molar-refractivity contribution is 6.32. The third-order valence-corrected chi connectivity index (χ3v) is 9.04. The van der Waals surface area contributed by atoms with E-state index in [1.807, 2.05) is 12.1 Å². The molecule has 0 N–H and O–H groups in total. The summed E-state index contributed by atoms with van der Waals surface area (Å²) in [7, 11) is 6.03. The van der Waals surface area contributed by atoms with E-state index < -0.39 is 0 Å². The van der Waals surface area contributed by atoms with Gasteiger partial charge in [0.2, 0.25) is 0 Å². The second-order valence-electron chi connectivity index (χ2n) is 11.7. The molecule has 9 rings (SSSR count). The van der Waals surface area contributed by atoms with Gasteiger partial charge in [0.25, 0.3) is 0 Å². The summed E-state index contributed by atoms with van der Waals surface area (Å²) in [6, 6.07) is 58.7. The number of hydrogen-bond acceptors (Lipinski definition) is 0.